The number of ketones is 1. The molecule has 0 radical (unpaired) electrons. The molecule has 1 fully saturated rings. The van der Waals surface area contributed by atoms with Gasteiger partial charge in [-0.25, -0.2) is 4.98 Å². The Balaban J connectivity index is 1.27. The van der Waals surface area contributed by atoms with Crippen LogP contribution < -0.4 is 10.2 Å². The number of hydrogen-bond acceptors (Lipinski definition) is 6. The normalized spacial score (nSPS) is 16.3. The fourth-order valence-corrected chi connectivity index (χ4v) is 5.98. The van der Waals surface area contributed by atoms with Crippen molar-refractivity contribution in [1.29, 1.82) is 0 Å². The number of hydrogen-bond donors (Lipinski definition) is 1. The lowest BCUT2D eigenvalue weighted by molar-refractivity contribution is -0.117. The molecule has 1 N–H and O–H groups in total. The topological polar surface area (TPSA) is 65.5 Å². The van der Waals surface area contributed by atoms with Crippen molar-refractivity contribution in [2.75, 3.05) is 42.9 Å². The highest BCUT2D eigenvalue weighted by molar-refractivity contribution is 7.17. The number of piperazine rings is 1. The van der Waals surface area contributed by atoms with Crippen LogP contribution in [-0.4, -0.2) is 54.3 Å². The molecule has 1 amide bonds. The number of nitrogens with zero attached hydrogens (tertiary/aromatic N) is 3. The Morgan fingerprint density at radius 2 is 1.70 bits per heavy atom. The molecule has 170 valence electrons. The van der Waals surface area contributed by atoms with Crippen molar-refractivity contribution in [3.05, 3.63) is 76.3 Å². The van der Waals surface area contributed by atoms with E-state index in [9.17, 15) is 9.59 Å². The summed E-state index contributed by atoms with van der Waals surface area (Å²) in [5, 5.41) is 3.82. The first-order valence-corrected chi connectivity index (χ1v) is 12.4. The average molecular weight is 461 g/mol. The molecule has 0 unspecified atom stereocenters. The average Bonchev–Trinajstić information content (AvgIpc) is 3.22. The third-order valence-corrected chi connectivity index (χ3v) is 7.61. The molecule has 1 aliphatic heterocycles. The van der Waals surface area contributed by atoms with Crippen molar-refractivity contribution in [1.82, 2.24) is 9.88 Å². The first-order chi connectivity index (χ1) is 16.2. The van der Waals surface area contributed by atoms with Gasteiger partial charge in [0.2, 0.25) is 5.91 Å². The highest BCUT2D eigenvalue weighted by Crippen LogP contribution is 2.39. The van der Waals surface area contributed by atoms with E-state index in [1.54, 1.807) is 11.3 Å². The van der Waals surface area contributed by atoms with Gasteiger partial charge in [0.05, 0.1) is 12.1 Å². The number of fused-ring (bicyclic) bond motifs is 1. The van der Waals surface area contributed by atoms with Gasteiger partial charge >= 0.3 is 0 Å². The van der Waals surface area contributed by atoms with Crippen LogP contribution in [-0.2, 0) is 17.6 Å². The SMILES string of the molecule is O=C(CN1CCN(c2ccccn2)CC1)Nc1sc2c(c1C(=O)c1ccccc1)CCCC2. The van der Waals surface area contributed by atoms with E-state index in [1.165, 1.54) is 4.88 Å². The summed E-state index contributed by atoms with van der Waals surface area (Å²) in [6.07, 6.45) is 5.93. The van der Waals surface area contributed by atoms with E-state index in [4.69, 9.17) is 0 Å². The summed E-state index contributed by atoms with van der Waals surface area (Å²) in [6.45, 7) is 3.63. The summed E-state index contributed by atoms with van der Waals surface area (Å²) in [6, 6.07) is 15.3. The molecule has 0 bridgehead atoms. The van der Waals surface area contributed by atoms with Gasteiger partial charge in [-0.2, -0.15) is 0 Å². The molecule has 33 heavy (non-hydrogen) atoms. The second-order valence-corrected chi connectivity index (χ2v) is 9.71. The number of pyridine rings is 1. The fourth-order valence-electron chi connectivity index (χ4n) is 4.67. The van der Waals surface area contributed by atoms with Crippen molar-refractivity contribution in [3.8, 4) is 0 Å². The van der Waals surface area contributed by atoms with Crippen LogP contribution >= 0.6 is 11.3 Å². The number of thiophene rings is 1. The van der Waals surface area contributed by atoms with E-state index >= 15 is 0 Å². The van der Waals surface area contributed by atoms with Crippen LogP contribution in [0.4, 0.5) is 10.8 Å². The molecule has 1 aromatic carbocycles. The molecule has 3 heterocycles. The molecule has 0 saturated carbocycles. The molecular weight excluding hydrogens is 432 g/mol. The number of benzene rings is 1. The molecule has 0 atom stereocenters. The maximum absolute atomic E-state index is 13.4. The van der Waals surface area contributed by atoms with Crippen LogP contribution in [0.25, 0.3) is 0 Å². The van der Waals surface area contributed by atoms with Gasteiger partial charge in [0.1, 0.15) is 10.8 Å². The second-order valence-electron chi connectivity index (χ2n) is 8.61. The Labute approximate surface area is 198 Å². The molecule has 6 nitrogen and oxygen atoms in total. The third-order valence-electron chi connectivity index (χ3n) is 6.40. The van der Waals surface area contributed by atoms with E-state index in [0.717, 1.165) is 63.2 Å². The van der Waals surface area contributed by atoms with Crippen LogP contribution in [0, 0.1) is 0 Å². The molecule has 2 aliphatic rings. The Bertz CT molecular complexity index is 1120. The number of aryl methyl sites for hydroxylation is 1. The number of rotatable bonds is 6. The van der Waals surface area contributed by atoms with E-state index in [2.05, 4.69) is 20.1 Å². The minimum atomic E-state index is -0.0537. The Kier molecular flexibility index (Phi) is 6.51. The largest absolute Gasteiger partial charge is 0.354 e. The molecule has 2 aromatic heterocycles. The number of nitrogens with one attached hydrogen (secondary N) is 1. The number of amides is 1. The van der Waals surface area contributed by atoms with Crippen LogP contribution in [0.5, 0.6) is 0 Å². The number of anilines is 2. The maximum atomic E-state index is 13.4. The maximum Gasteiger partial charge on any atom is 0.239 e. The van der Waals surface area contributed by atoms with E-state index < -0.39 is 0 Å². The smallest absolute Gasteiger partial charge is 0.239 e. The van der Waals surface area contributed by atoms with Crippen LogP contribution in [0.15, 0.2) is 54.7 Å². The first kappa shape index (κ1) is 21.8. The van der Waals surface area contributed by atoms with Gasteiger partial charge < -0.3 is 10.2 Å². The minimum Gasteiger partial charge on any atom is -0.354 e. The van der Waals surface area contributed by atoms with Gasteiger partial charge in [-0.15, -0.1) is 11.3 Å². The van der Waals surface area contributed by atoms with Crippen LogP contribution in [0.1, 0.15) is 39.2 Å². The van der Waals surface area contributed by atoms with Gasteiger partial charge in [0, 0.05) is 42.8 Å². The third kappa shape index (κ3) is 4.84. The summed E-state index contributed by atoms with van der Waals surface area (Å²) in [7, 11) is 0. The van der Waals surface area contributed by atoms with Gasteiger partial charge in [-0.3, -0.25) is 14.5 Å². The fraction of sp³-hybridized carbons (Fsp3) is 0.346. The van der Waals surface area contributed by atoms with Gasteiger partial charge in [0.15, 0.2) is 5.78 Å². The van der Waals surface area contributed by atoms with Crippen molar-refractivity contribution >= 4 is 33.8 Å². The lowest BCUT2D eigenvalue weighted by Crippen LogP contribution is -2.48. The Morgan fingerprint density at radius 3 is 2.45 bits per heavy atom. The van der Waals surface area contributed by atoms with Crippen LogP contribution in [0.3, 0.4) is 0 Å². The van der Waals surface area contributed by atoms with Gasteiger partial charge in [0.25, 0.3) is 0 Å². The zero-order valence-corrected chi connectivity index (χ0v) is 19.4. The molecular formula is C26H28N4O2S. The lowest BCUT2D eigenvalue weighted by atomic mass is 9.92. The summed E-state index contributed by atoms with van der Waals surface area (Å²) in [5.41, 5.74) is 2.51. The molecule has 7 heteroatoms. The van der Waals surface area contributed by atoms with E-state index in [-0.39, 0.29) is 11.7 Å². The summed E-state index contributed by atoms with van der Waals surface area (Å²) in [5.74, 6) is 0.936. The zero-order valence-electron chi connectivity index (χ0n) is 18.6. The summed E-state index contributed by atoms with van der Waals surface area (Å²) in [4.78, 5) is 36.4. The second kappa shape index (κ2) is 9.85. The number of carbonyl (C=O) groups excluding carboxylic acids is 2. The van der Waals surface area contributed by atoms with Crippen molar-refractivity contribution in [2.45, 2.75) is 25.7 Å². The predicted octanol–water partition coefficient (Wildman–Crippen LogP) is 4.01. The highest BCUT2D eigenvalue weighted by Gasteiger charge is 2.27. The van der Waals surface area contributed by atoms with Gasteiger partial charge in [-0.1, -0.05) is 36.4 Å². The van der Waals surface area contributed by atoms with Crippen molar-refractivity contribution < 1.29 is 9.59 Å². The summed E-state index contributed by atoms with van der Waals surface area (Å²) < 4.78 is 0. The molecule has 1 aliphatic carbocycles. The van der Waals surface area contributed by atoms with Crippen LogP contribution in [0.2, 0.25) is 0 Å². The molecule has 1 saturated heterocycles. The monoisotopic (exact) mass is 460 g/mol. The molecule has 0 spiro atoms. The number of carbonyl (C=O) groups is 2. The van der Waals surface area contributed by atoms with Crippen molar-refractivity contribution in [2.24, 2.45) is 0 Å². The van der Waals surface area contributed by atoms with E-state index in [1.807, 2.05) is 54.7 Å². The molecule has 3 aromatic rings. The highest BCUT2D eigenvalue weighted by atomic mass is 32.1. The van der Waals surface area contributed by atoms with Gasteiger partial charge in [-0.05, 0) is 43.4 Å². The zero-order chi connectivity index (χ0) is 22.6. The summed E-state index contributed by atoms with van der Waals surface area (Å²) >= 11 is 1.59. The predicted molar refractivity (Wildman–Crippen MR) is 132 cm³/mol. The minimum absolute atomic E-state index is 0.00859. The standard InChI is InChI=1S/C26H28N4O2S/c31-23(18-29-14-16-30(17-15-29)22-12-6-7-13-27-22)28-26-24(20-10-4-5-11-21(20)33-26)25(32)19-8-2-1-3-9-19/h1-3,6-9,12-13H,4-5,10-11,14-18H2,(H,28,31). The van der Waals surface area contributed by atoms with E-state index in [0.29, 0.717) is 22.7 Å². The Hall–Kier alpha value is -3.03. The lowest BCUT2D eigenvalue weighted by Gasteiger charge is -2.34. The number of aromatic nitrogens is 1. The first-order valence-electron chi connectivity index (χ1n) is 11.6. The Morgan fingerprint density at radius 1 is 0.939 bits per heavy atom. The van der Waals surface area contributed by atoms with Crippen molar-refractivity contribution in [3.63, 3.8) is 0 Å². The quantitative estimate of drug-likeness (QED) is 0.563. The molecule has 5 rings (SSSR count).